The second kappa shape index (κ2) is 8.97. The third-order valence-electron chi connectivity index (χ3n) is 4.19. The first-order valence-electron chi connectivity index (χ1n) is 8.74. The van der Waals surface area contributed by atoms with E-state index in [-0.39, 0.29) is 5.91 Å². The van der Waals surface area contributed by atoms with E-state index in [2.05, 4.69) is 28.6 Å². The number of hydrogen-bond acceptors (Lipinski definition) is 3. The van der Waals surface area contributed by atoms with Crippen LogP contribution < -0.4 is 5.32 Å². The molecule has 2 aromatic carbocycles. The largest absolute Gasteiger partial charge is 0.351 e. The van der Waals surface area contributed by atoms with E-state index in [0.717, 1.165) is 17.7 Å². The van der Waals surface area contributed by atoms with Gasteiger partial charge in [-0.1, -0.05) is 54.6 Å². The number of aromatic nitrogens is 2. The van der Waals surface area contributed by atoms with Crippen molar-refractivity contribution in [3.63, 3.8) is 0 Å². The number of nitrogens with zero attached hydrogens (tertiary/aromatic N) is 3. The zero-order chi connectivity index (χ0) is 18.2. The molecule has 1 heterocycles. The molecule has 5 nitrogen and oxygen atoms in total. The van der Waals surface area contributed by atoms with Gasteiger partial charge in [0.2, 0.25) is 5.91 Å². The third kappa shape index (κ3) is 5.29. The summed E-state index contributed by atoms with van der Waals surface area (Å²) in [6, 6.07) is 20.2. The second-order valence-electron chi connectivity index (χ2n) is 6.41. The Balaban J connectivity index is 1.51. The summed E-state index contributed by atoms with van der Waals surface area (Å²) in [7, 11) is 1.96. The van der Waals surface area contributed by atoms with Crippen molar-refractivity contribution in [2.24, 2.45) is 0 Å². The maximum atomic E-state index is 12.3. The van der Waals surface area contributed by atoms with Gasteiger partial charge in [0.05, 0.1) is 13.1 Å². The van der Waals surface area contributed by atoms with Gasteiger partial charge in [0.1, 0.15) is 0 Å². The topological polar surface area (TPSA) is 50.2 Å². The molecule has 0 bridgehead atoms. The molecular formula is C21H24N4O. The number of amides is 1. The molecule has 3 rings (SSSR count). The lowest BCUT2D eigenvalue weighted by atomic mass is 10.1. The molecule has 0 atom stereocenters. The lowest BCUT2D eigenvalue weighted by Crippen LogP contribution is -2.34. The highest BCUT2D eigenvalue weighted by Gasteiger charge is 2.09. The number of carbonyl (C=O) groups excluding carboxylic acids is 1. The van der Waals surface area contributed by atoms with Crippen LogP contribution in [0.5, 0.6) is 0 Å². The van der Waals surface area contributed by atoms with Crippen molar-refractivity contribution in [2.45, 2.75) is 19.6 Å². The SMILES string of the molecule is CN(CC(=O)NCc1ccccc1Cn1cccn1)Cc1ccccc1. The molecule has 0 radical (unpaired) electrons. The fraction of sp³-hybridized carbons (Fsp3) is 0.238. The van der Waals surface area contributed by atoms with Crippen molar-refractivity contribution in [3.8, 4) is 0 Å². The minimum absolute atomic E-state index is 0.0253. The number of carbonyl (C=O) groups is 1. The lowest BCUT2D eigenvalue weighted by Gasteiger charge is -2.17. The summed E-state index contributed by atoms with van der Waals surface area (Å²) < 4.78 is 1.88. The Morgan fingerprint density at radius 3 is 2.50 bits per heavy atom. The number of hydrogen-bond donors (Lipinski definition) is 1. The Morgan fingerprint density at radius 2 is 1.77 bits per heavy atom. The first kappa shape index (κ1) is 17.9. The van der Waals surface area contributed by atoms with E-state index in [1.54, 1.807) is 6.20 Å². The molecule has 134 valence electrons. The molecule has 1 N–H and O–H groups in total. The first-order valence-corrected chi connectivity index (χ1v) is 8.74. The van der Waals surface area contributed by atoms with Crippen LogP contribution in [-0.2, 0) is 24.4 Å². The van der Waals surface area contributed by atoms with Crippen LogP contribution >= 0.6 is 0 Å². The molecule has 0 aliphatic rings. The molecule has 0 aliphatic heterocycles. The monoisotopic (exact) mass is 348 g/mol. The minimum Gasteiger partial charge on any atom is -0.351 e. The van der Waals surface area contributed by atoms with Crippen LogP contribution in [0.15, 0.2) is 73.1 Å². The highest BCUT2D eigenvalue weighted by Crippen LogP contribution is 2.10. The van der Waals surface area contributed by atoms with Gasteiger partial charge >= 0.3 is 0 Å². The van der Waals surface area contributed by atoms with E-state index in [1.165, 1.54) is 5.56 Å². The molecule has 1 aromatic heterocycles. The Hall–Kier alpha value is -2.92. The molecule has 3 aromatic rings. The number of nitrogens with one attached hydrogen (secondary N) is 1. The van der Waals surface area contributed by atoms with Crippen LogP contribution in [0.3, 0.4) is 0 Å². The Kier molecular flexibility index (Phi) is 6.17. The van der Waals surface area contributed by atoms with Crippen molar-refractivity contribution < 1.29 is 4.79 Å². The van der Waals surface area contributed by atoms with Crippen molar-refractivity contribution in [1.29, 1.82) is 0 Å². The summed E-state index contributed by atoms with van der Waals surface area (Å²) in [5.41, 5.74) is 3.48. The molecule has 0 saturated carbocycles. The lowest BCUT2D eigenvalue weighted by molar-refractivity contribution is -0.122. The molecule has 0 aliphatic carbocycles. The Morgan fingerprint density at radius 1 is 1.04 bits per heavy atom. The predicted octanol–water partition coefficient (Wildman–Crippen LogP) is 2.68. The van der Waals surface area contributed by atoms with Crippen LogP contribution in [0.1, 0.15) is 16.7 Å². The number of rotatable bonds is 8. The van der Waals surface area contributed by atoms with Crippen molar-refractivity contribution in [2.75, 3.05) is 13.6 Å². The molecule has 0 spiro atoms. The van der Waals surface area contributed by atoms with Crippen molar-refractivity contribution in [3.05, 3.63) is 89.7 Å². The fourth-order valence-corrected chi connectivity index (χ4v) is 2.90. The Bertz CT molecular complexity index is 815. The van der Waals surface area contributed by atoms with Gasteiger partial charge in [-0.05, 0) is 29.8 Å². The fourth-order valence-electron chi connectivity index (χ4n) is 2.90. The van der Waals surface area contributed by atoms with Crippen LogP contribution in [0.2, 0.25) is 0 Å². The van der Waals surface area contributed by atoms with E-state index < -0.39 is 0 Å². The summed E-state index contributed by atoms with van der Waals surface area (Å²) >= 11 is 0. The summed E-state index contributed by atoms with van der Waals surface area (Å²) in [5.74, 6) is 0.0253. The van der Waals surface area contributed by atoms with Crippen molar-refractivity contribution in [1.82, 2.24) is 20.0 Å². The summed E-state index contributed by atoms with van der Waals surface area (Å²) in [6.07, 6.45) is 3.71. The van der Waals surface area contributed by atoms with Gasteiger partial charge in [0, 0.05) is 25.5 Å². The van der Waals surface area contributed by atoms with E-state index in [4.69, 9.17) is 0 Å². The second-order valence-corrected chi connectivity index (χ2v) is 6.41. The predicted molar refractivity (Wildman–Crippen MR) is 102 cm³/mol. The van der Waals surface area contributed by atoms with Crippen LogP contribution in [-0.4, -0.2) is 34.2 Å². The van der Waals surface area contributed by atoms with E-state index >= 15 is 0 Å². The van der Waals surface area contributed by atoms with Crippen molar-refractivity contribution >= 4 is 5.91 Å². The minimum atomic E-state index is 0.0253. The molecular weight excluding hydrogens is 324 g/mol. The van der Waals surface area contributed by atoms with Gasteiger partial charge in [-0.3, -0.25) is 14.4 Å². The highest BCUT2D eigenvalue weighted by molar-refractivity contribution is 5.78. The average Bonchev–Trinajstić information content (AvgIpc) is 3.15. The summed E-state index contributed by atoms with van der Waals surface area (Å²) in [5, 5.41) is 7.28. The van der Waals surface area contributed by atoms with Gasteiger partial charge in [0.25, 0.3) is 0 Å². The highest BCUT2D eigenvalue weighted by atomic mass is 16.2. The Labute approximate surface area is 154 Å². The number of likely N-dealkylation sites (N-methyl/N-ethyl adjacent to an activating group) is 1. The molecule has 0 fully saturated rings. The van der Waals surface area contributed by atoms with E-state index in [0.29, 0.717) is 19.6 Å². The van der Waals surface area contributed by atoms with Crippen LogP contribution in [0.4, 0.5) is 0 Å². The quantitative estimate of drug-likeness (QED) is 0.681. The molecule has 0 saturated heterocycles. The standard InChI is InChI=1S/C21H24N4O/c1-24(15-18-8-3-2-4-9-18)17-21(26)22-14-19-10-5-6-11-20(19)16-25-13-7-12-23-25/h2-13H,14-17H2,1H3,(H,22,26). The van der Waals surface area contributed by atoms with Gasteiger partial charge in [-0.25, -0.2) is 0 Å². The van der Waals surface area contributed by atoms with Gasteiger partial charge in [0.15, 0.2) is 0 Å². The average molecular weight is 348 g/mol. The maximum Gasteiger partial charge on any atom is 0.234 e. The number of benzene rings is 2. The normalized spacial score (nSPS) is 10.8. The third-order valence-corrected chi connectivity index (χ3v) is 4.19. The molecule has 5 heteroatoms. The smallest absolute Gasteiger partial charge is 0.234 e. The zero-order valence-corrected chi connectivity index (χ0v) is 15.0. The summed E-state index contributed by atoms with van der Waals surface area (Å²) in [4.78, 5) is 14.3. The zero-order valence-electron chi connectivity index (χ0n) is 15.0. The molecule has 0 unspecified atom stereocenters. The molecule has 1 amide bonds. The van der Waals surface area contributed by atoms with E-state index in [1.807, 2.05) is 65.3 Å². The van der Waals surface area contributed by atoms with E-state index in [9.17, 15) is 4.79 Å². The van der Waals surface area contributed by atoms with Crippen LogP contribution in [0.25, 0.3) is 0 Å². The first-order chi connectivity index (χ1) is 12.7. The summed E-state index contributed by atoms with van der Waals surface area (Å²) in [6.45, 7) is 2.35. The maximum absolute atomic E-state index is 12.3. The molecule has 26 heavy (non-hydrogen) atoms. The van der Waals surface area contributed by atoms with Gasteiger partial charge < -0.3 is 5.32 Å². The van der Waals surface area contributed by atoms with Gasteiger partial charge in [-0.2, -0.15) is 5.10 Å². The van der Waals surface area contributed by atoms with Crippen LogP contribution in [0, 0.1) is 0 Å². The van der Waals surface area contributed by atoms with Gasteiger partial charge in [-0.15, -0.1) is 0 Å².